The Morgan fingerprint density at radius 2 is 1.13 bits per heavy atom. The second-order valence-electron chi connectivity index (χ2n) is 9.31. The number of allylic oxidation sites excluding steroid dienone is 4. The predicted octanol–water partition coefficient (Wildman–Crippen LogP) is 4.52. The molecule has 0 heterocycles. The molecule has 0 unspecified atom stereocenters. The van der Waals surface area contributed by atoms with E-state index in [4.69, 9.17) is 9.47 Å². The van der Waals surface area contributed by atoms with Gasteiger partial charge < -0.3 is 14.0 Å². The number of hydrogen-bond acceptors (Lipinski definition) is 7. The SMILES string of the molecule is CC/C=C/CCCCCCCOC(=O)c1ccc(S(=O)(=O)[O-])cc1C(=O)OCCCCCCC/C=C/CC.[Na+]. The van der Waals surface area contributed by atoms with Gasteiger partial charge in [-0.05, 0) is 69.6 Å². The zero-order valence-corrected chi connectivity index (χ0v) is 26.9. The fourth-order valence-corrected chi connectivity index (χ4v) is 4.37. The van der Waals surface area contributed by atoms with Crippen LogP contribution in [-0.2, 0) is 19.6 Å². The number of carbonyl (C=O) groups is 2. The largest absolute Gasteiger partial charge is 1.00 e. The molecule has 0 radical (unpaired) electrons. The summed E-state index contributed by atoms with van der Waals surface area (Å²) in [5.74, 6) is -1.59. The van der Waals surface area contributed by atoms with Crippen molar-refractivity contribution in [3.8, 4) is 0 Å². The van der Waals surface area contributed by atoms with Gasteiger partial charge in [0.05, 0.1) is 29.2 Å². The Morgan fingerprint density at radius 3 is 1.59 bits per heavy atom. The summed E-state index contributed by atoms with van der Waals surface area (Å²) in [5.41, 5.74) is -0.375. The average molecular weight is 573 g/mol. The van der Waals surface area contributed by atoms with E-state index in [2.05, 4.69) is 38.2 Å². The maximum Gasteiger partial charge on any atom is 1.00 e. The first kappa shape index (κ1) is 37.6. The molecule has 1 aromatic rings. The molecule has 9 heteroatoms. The number of unbranched alkanes of at least 4 members (excludes halogenated alkanes) is 10. The molecule has 1 aromatic carbocycles. The van der Waals surface area contributed by atoms with E-state index in [0.717, 1.165) is 95.2 Å². The van der Waals surface area contributed by atoms with Crippen LogP contribution < -0.4 is 29.6 Å². The predicted molar refractivity (Wildman–Crippen MR) is 149 cm³/mol. The maximum absolute atomic E-state index is 12.7. The first-order valence-corrected chi connectivity index (χ1v) is 15.5. The summed E-state index contributed by atoms with van der Waals surface area (Å²) in [5, 5.41) is 0. The van der Waals surface area contributed by atoms with E-state index in [9.17, 15) is 22.6 Å². The van der Waals surface area contributed by atoms with Crippen LogP contribution in [0.2, 0.25) is 0 Å². The average Bonchev–Trinajstić information content (AvgIpc) is 2.89. The Morgan fingerprint density at radius 1 is 0.692 bits per heavy atom. The molecule has 0 spiro atoms. The van der Waals surface area contributed by atoms with Crippen LogP contribution in [-0.4, -0.2) is 38.1 Å². The quantitative estimate of drug-likeness (QED) is 0.0700. The van der Waals surface area contributed by atoms with Gasteiger partial charge in [0.15, 0.2) is 0 Å². The van der Waals surface area contributed by atoms with Gasteiger partial charge in [0.2, 0.25) is 0 Å². The second-order valence-corrected chi connectivity index (χ2v) is 10.7. The van der Waals surface area contributed by atoms with Gasteiger partial charge in [0.1, 0.15) is 10.1 Å². The van der Waals surface area contributed by atoms with E-state index < -0.39 is 27.0 Å². The third-order valence-corrected chi connectivity index (χ3v) is 6.85. The third kappa shape index (κ3) is 17.8. The first-order chi connectivity index (χ1) is 18.3. The Labute approximate surface area is 257 Å². The van der Waals surface area contributed by atoms with Crippen LogP contribution >= 0.6 is 0 Å². The molecule has 0 saturated heterocycles. The smallest absolute Gasteiger partial charge is 0.744 e. The second kappa shape index (κ2) is 23.3. The van der Waals surface area contributed by atoms with Crippen molar-refractivity contribution >= 4 is 22.1 Å². The number of esters is 2. The zero-order chi connectivity index (χ0) is 28.1. The number of ether oxygens (including phenoxy) is 2. The van der Waals surface area contributed by atoms with Crippen LogP contribution in [0.1, 0.15) is 124 Å². The molecule has 0 aromatic heterocycles. The topological polar surface area (TPSA) is 110 Å². The molecule has 7 nitrogen and oxygen atoms in total. The Kier molecular flexibility index (Phi) is 22.4. The number of benzene rings is 1. The molecule has 0 N–H and O–H groups in total. The van der Waals surface area contributed by atoms with Crippen LogP contribution in [0.15, 0.2) is 47.4 Å². The summed E-state index contributed by atoms with van der Waals surface area (Å²) in [6, 6.07) is 3.05. The number of carbonyl (C=O) groups excluding carboxylic acids is 2. The minimum atomic E-state index is -4.80. The monoisotopic (exact) mass is 572 g/mol. The van der Waals surface area contributed by atoms with Crippen LogP contribution in [0.3, 0.4) is 0 Å². The van der Waals surface area contributed by atoms with E-state index in [1.165, 1.54) is 0 Å². The third-order valence-electron chi connectivity index (χ3n) is 6.02. The molecule has 0 saturated carbocycles. The molecule has 214 valence electrons. The van der Waals surface area contributed by atoms with Crippen molar-refractivity contribution < 1.29 is 61.6 Å². The zero-order valence-electron chi connectivity index (χ0n) is 24.1. The normalized spacial score (nSPS) is 11.6. The fraction of sp³-hybridized carbons (Fsp3) is 0.600. The molecule has 0 aliphatic heterocycles. The van der Waals surface area contributed by atoms with Crippen molar-refractivity contribution in [3.63, 3.8) is 0 Å². The summed E-state index contributed by atoms with van der Waals surface area (Å²) in [6.07, 6.45) is 22.6. The molecular weight excluding hydrogens is 527 g/mol. The van der Waals surface area contributed by atoms with Crippen LogP contribution in [0.5, 0.6) is 0 Å². The first-order valence-electron chi connectivity index (χ1n) is 14.0. The summed E-state index contributed by atoms with van der Waals surface area (Å²) >= 11 is 0. The molecule has 0 aliphatic carbocycles. The van der Waals surface area contributed by atoms with Gasteiger partial charge in [-0.15, -0.1) is 0 Å². The maximum atomic E-state index is 12.7. The molecule has 0 bridgehead atoms. The molecular formula is C30H45NaO7S. The van der Waals surface area contributed by atoms with Gasteiger partial charge in [-0.25, -0.2) is 18.0 Å². The number of rotatable bonds is 21. The van der Waals surface area contributed by atoms with Gasteiger partial charge in [-0.2, -0.15) is 0 Å². The summed E-state index contributed by atoms with van der Waals surface area (Å²) < 4.78 is 45.0. The summed E-state index contributed by atoms with van der Waals surface area (Å²) in [4.78, 5) is 24.7. The van der Waals surface area contributed by atoms with Gasteiger partial charge in [0, 0.05) is 0 Å². The van der Waals surface area contributed by atoms with Crippen molar-refractivity contribution in [1.82, 2.24) is 0 Å². The molecule has 0 fully saturated rings. The summed E-state index contributed by atoms with van der Waals surface area (Å²) in [6.45, 7) is 4.56. The standard InChI is InChI=1S/C30H46O7S.Na/c1-3-5-7-9-11-13-15-17-19-23-36-29(31)27-22-21-26(38(33,34)35)25-28(27)30(32)37-24-20-18-16-14-12-10-8-6-4-2;/h5-8,21-22,25H,3-4,9-20,23-24H2,1-2H3,(H,33,34,35);/q;+1/p-1/b7-5+,8-6+;. The van der Waals surface area contributed by atoms with Gasteiger partial charge in [-0.1, -0.05) is 76.7 Å². The molecule has 0 amide bonds. The van der Waals surface area contributed by atoms with E-state index in [0.29, 0.717) is 12.8 Å². The van der Waals surface area contributed by atoms with Crippen molar-refractivity contribution in [2.45, 2.75) is 109 Å². The molecule has 0 aliphatic rings. The van der Waals surface area contributed by atoms with Crippen LogP contribution in [0.25, 0.3) is 0 Å². The fourth-order valence-electron chi connectivity index (χ4n) is 3.87. The Balaban J connectivity index is 0.0000144. The Hall–Kier alpha value is -1.45. The van der Waals surface area contributed by atoms with E-state index in [-0.39, 0.29) is 53.9 Å². The van der Waals surface area contributed by atoms with E-state index >= 15 is 0 Å². The van der Waals surface area contributed by atoms with Crippen molar-refractivity contribution in [3.05, 3.63) is 53.6 Å². The van der Waals surface area contributed by atoms with Gasteiger partial charge in [-0.3, -0.25) is 0 Å². The molecule has 0 atom stereocenters. The molecule has 39 heavy (non-hydrogen) atoms. The van der Waals surface area contributed by atoms with Crippen molar-refractivity contribution in [2.75, 3.05) is 13.2 Å². The van der Waals surface area contributed by atoms with Crippen molar-refractivity contribution in [2.24, 2.45) is 0 Å². The molecule has 1 rings (SSSR count). The van der Waals surface area contributed by atoms with Crippen LogP contribution in [0.4, 0.5) is 0 Å². The minimum absolute atomic E-state index is 0. The van der Waals surface area contributed by atoms with Crippen molar-refractivity contribution in [1.29, 1.82) is 0 Å². The van der Waals surface area contributed by atoms with E-state index in [1.54, 1.807) is 0 Å². The summed E-state index contributed by atoms with van der Waals surface area (Å²) in [7, 11) is -4.80. The van der Waals surface area contributed by atoms with Gasteiger partial charge in [0.25, 0.3) is 0 Å². The number of hydrogen-bond donors (Lipinski definition) is 0. The Bertz CT molecular complexity index is 987. The minimum Gasteiger partial charge on any atom is -0.744 e. The van der Waals surface area contributed by atoms with Gasteiger partial charge >= 0.3 is 41.5 Å². The van der Waals surface area contributed by atoms with Crippen LogP contribution in [0, 0.1) is 0 Å². The van der Waals surface area contributed by atoms with E-state index in [1.807, 2.05) is 0 Å².